The van der Waals surface area contributed by atoms with Crippen molar-refractivity contribution in [2.75, 3.05) is 6.54 Å². The monoisotopic (exact) mass is 481 g/mol. The first-order valence-electron chi connectivity index (χ1n) is 11.4. The van der Waals surface area contributed by atoms with E-state index in [2.05, 4.69) is 5.32 Å². The minimum atomic E-state index is -1.26. The summed E-state index contributed by atoms with van der Waals surface area (Å²) in [6.45, 7) is 1.28. The second-order valence-electron chi connectivity index (χ2n) is 9.05. The molecule has 1 fully saturated rings. The molecule has 3 atom stereocenters. The van der Waals surface area contributed by atoms with Crippen LogP contribution in [0.2, 0.25) is 5.02 Å². The first kappa shape index (κ1) is 22.6. The second kappa shape index (κ2) is 8.87. The number of rotatable bonds is 5. The van der Waals surface area contributed by atoms with Gasteiger partial charge in [-0.3, -0.25) is 14.4 Å². The average molecular weight is 482 g/mol. The van der Waals surface area contributed by atoms with Gasteiger partial charge in [-0.1, -0.05) is 41.9 Å². The summed E-state index contributed by atoms with van der Waals surface area (Å²) in [5, 5.41) is 4.46. The zero-order chi connectivity index (χ0) is 24.0. The number of fused-ring (bicyclic) bond motifs is 2. The number of nitrogens with one attached hydrogen (secondary N) is 1. The van der Waals surface area contributed by atoms with Gasteiger partial charge in [-0.15, -0.1) is 0 Å². The van der Waals surface area contributed by atoms with Gasteiger partial charge in [-0.2, -0.15) is 0 Å². The molecule has 0 saturated carbocycles. The lowest BCUT2D eigenvalue weighted by molar-refractivity contribution is -0.139. The van der Waals surface area contributed by atoms with E-state index in [4.69, 9.17) is 11.6 Å². The van der Waals surface area contributed by atoms with Crippen LogP contribution < -0.4 is 5.32 Å². The Labute approximate surface area is 201 Å². The van der Waals surface area contributed by atoms with E-state index in [9.17, 15) is 18.8 Å². The molecule has 8 heteroatoms. The number of ketones is 1. The molecular weight excluding hydrogens is 457 g/mol. The van der Waals surface area contributed by atoms with Crippen LogP contribution in [0.25, 0.3) is 10.9 Å². The summed E-state index contributed by atoms with van der Waals surface area (Å²) in [7, 11) is 0. The van der Waals surface area contributed by atoms with Crippen LogP contribution in [0.1, 0.15) is 47.3 Å². The Balaban J connectivity index is 1.34. The number of hydrogen-bond acceptors (Lipinski definition) is 3. The number of para-hydroxylation sites is 1. The number of likely N-dealkylation sites (tertiary alicyclic amines) is 1. The standard InChI is InChI=1S/C26H25ClFN3O3/c1-15(32)20-13-30(23-8-3-2-5-19(20)23)14-25(33)31-12-16(28)11-24(31)26(34)29-22-10-9-17-18(22)6-4-7-21(17)27/h2-8,13,16,22,24H,9-12,14H2,1H3,(H,29,34). The van der Waals surface area contributed by atoms with Crippen LogP contribution in [-0.4, -0.2) is 45.8 Å². The van der Waals surface area contributed by atoms with E-state index in [-0.39, 0.29) is 43.1 Å². The third kappa shape index (κ3) is 3.98. The van der Waals surface area contributed by atoms with Crippen LogP contribution in [-0.2, 0) is 22.6 Å². The molecule has 1 saturated heterocycles. The molecule has 1 N–H and O–H groups in total. The first-order valence-corrected chi connectivity index (χ1v) is 11.8. The quantitative estimate of drug-likeness (QED) is 0.554. The highest BCUT2D eigenvalue weighted by Crippen LogP contribution is 2.36. The molecule has 2 aromatic carbocycles. The number of alkyl halides is 1. The second-order valence-corrected chi connectivity index (χ2v) is 9.45. The van der Waals surface area contributed by atoms with E-state index in [0.717, 1.165) is 28.5 Å². The minimum absolute atomic E-state index is 0.0299. The molecule has 2 heterocycles. The summed E-state index contributed by atoms with van der Waals surface area (Å²) < 4.78 is 16.1. The van der Waals surface area contributed by atoms with Gasteiger partial charge in [-0.05, 0) is 43.0 Å². The van der Waals surface area contributed by atoms with E-state index in [1.54, 1.807) is 10.8 Å². The largest absolute Gasteiger partial charge is 0.347 e. The van der Waals surface area contributed by atoms with Crippen LogP contribution in [0, 0.1) is 0 Å². The molecule has 1 aromatic heterocycles. The first-order chi connectivity index (χ1) is 16.3. The molecule has 3 unspecified atom stereocenters. The van der Waals surface area contributed by atoms with Gasteiger partial charge in [0.15, 0.2) is 5.78 Å². The molecule has 176 valence electrons. The van der Waals surface area contributed by atoms with E-state index in [1.807, 2.05) is 42.5 Å². The number of nitrogens with zero attached hydrogens (tertiary/aromatic N) is 2. The average Bonchev–Trinajstić information content (AvgIpc) is 3.50. The summed E-state index contributed by atoms with van der Waals surface area (Å²) in [6.07, 6.45) is 1.84. The Kier molecular flexibility index (Phi) is 5.90. The molecule has 0 spiro atoms. The number of aromatic nitrogens is 1. The van der Waals surface area contributed by atoms with Gasteiger partial charge in [0.1, 0.15) is 18.8 Å². The summed E-state index contributed by atoms with van der Waals surface area (Å²) in [6, 6.07) is 11.9. The number of carbonyl (C=O) groups is 3. The Hall–Kier alpha value is -3.19. The molecule has 2 amide bonds. The van der Waals surface area contributed by atoms with Crippen LogP contribution in [0.15, 0.2) is 48.7 Å². The Morgan fingerprint density at radius 2 is 1.94 bits per heavy atom. The van der Waals surface area contributed by atoms with Crippen molar-refractivity contribution in [2.45, 2.75) is 51.0 Å². The number of amides is 2. The summed E-state index contributed by atoms with van der Waals surface area (Å²) in [4.78, 5) is 39.8. The normalized spacial score (nSPS) is 21.6. The zero-order valence-electron chi connectivity index (χ0n) is 18.8. The topological polar surface area (TPSA) is 71.4 Å². The Bertz CT molecular complexity index is 1300. The van der Waals surface area contributed by atoms with Gasteiger partial charge in [-0.25, -0.2) is 4.39 Å². The summed E-state index contributed by atoms with van der Waals surface area (Å²) in [5.41, 5.74) is 3.28. The van der Waals surface area contributed by atoms with E-state index >= 15 is 0 Å². The molecule has 1 aliphatic heterocycles. The summed E-state index contributed by atoms with van der Waals surface area (Å²) >= 11 is 6.28. The number of hydrogen-bond donors (Lipinski definition) is 1. The van der Waals surface area contributed by atoms with Crippen molar-refractivity contribution < 1.29 is 18.8 Å². The highest BCUT2D eigenvalue weighted by molar-refractivity contribution is 6.31. The summed E-state index contributed by atoms with van der Waals surface area (Å²) in [5.74, 6) is -0.805. The van der Waals surface area contributed by atoms with E-state index in [0.29, 0.717) is 17.0 Å². The maximum absolute atomic E-state index is 14.4. The maximum Gasteiger partial charge on any atom is 0.243 e. The molecular formula is C26H25ClFN3O3. The SMILES string of the molecule is CC(=O)c1cn(CC(=O)N2CC(F)CC2C(=O)NC2CCc3c(Cl)cccc32)c2ccccc12. The van der Waals surface area contributed by atoms with Crippen molar-refractivity contribution in [1.82, 2.24) is 14.8 Å². The lowest BCUT2D eigenvalue weighted by atomic mass is 10.1. The Morgan fingerprint density at radius 3 is 2.74 bits per heavy atom. The predicted octanol–water partition coefficient (Wildman–Crippen LogP) is 4.24. The molecule has 6 nitrogen and oxygen atoms in total. The number of carbonyl (C=O) groups excluding carboxylic acids is 3. The molecule has 0 radical (unpaired) electrons. The molecule has 3 aromatic rings. The fourth-order valence-electron chi connectivity index (χ4n) is 5.23. The van der Waals surface area contributed by atoms with Crippen molar-refractivity contribution in [3.63, 3.8) is 0 Å². The van der Waals surface area contributed by atoms with E-state index < -0.39 is 12.2 Å². The third-order valence-corrected chi connectivity index (χ3v) is 7.23. The van der Waals surface area contributed by atoms with E-state index in [1.165, 1.54) is 11.8 Å². The number of benzene rings is 2. The highest BCUT2D eigenvalue weighted by Gasteiger charge is 2.41. The predicted molar refractivity (Wildman–Crippen MR) is 128 cm³/mol. The maximum atomic E-state index is 14.4. The molecule has 1 aliphatic carbocycles. The van der Waals surface area contributed by atoms with Crippen LogP contribution in [0.5, 0.6) is 0 Å². The zero-order valence-corrected chi connectivity index (χ0v) is 19.5. The smallest absolute Gasteiger partial charge is 0.243 e. The number of halogens is 2. The van der Waals surface area contributed by atoms with Crippen molar-refractivity contribution >= 4 is 40.1 Å². The van der Waals surface area contributed by atoms with Gasteiger partial charge in [0, 0.05) is 34.1 Å². The van der Waals surface area contributed by atoms with Crippen molar-refractivity contribution in [2.24, 2.45) is 0 Å². The molecule has 34 heavy (non-hydrogen) atoms. The fourth-order valence-corrected chi connectivity index (χ4v) is 5.51. The molecule has 2 aliphatic rings. The van der Waals surface area contributed by atoms with Crippen molar-refractivity contribution in [1.29, 1.82) is 0 Å². The van der Waals surface area contributed by atoms with Gasteiger partial charge >= 0.3 is 0 Å². The van der Waals surface area contributed by atoms with Crippen LogP contribution >= 0.6 is 11.6 Å². The number of Topliss-reactive ketones (excluding diaryl/α,β-unsaturated/α-hetero) is 1. The van der Waals surface area contributed by atoms with Gasteiger partial charge in [0.25, 0.3) is 0 Å². The third-order valence-electron chi connectivity index (χ3n) is 6.88. The molecule has 0 bridgehead atoms. The fraction of sp³-hybridized carbons (Fsp3) is 0.346. The van der Waals surface area contributed by atoms with Gasteiger partial charge in [0.2, 0.25) is 11.8 Å². The highest BCUT2D eigenvalue weighted by atomic mass is 35.5. The Morgan fingerprint density at radius 1 is 1.15 bits per heavy atom. The lowest BCUT2D eigenvalue weighted by Crippen LogP contribution is -2.47. The lowest BCUT2D eigenvalue weighted by Gasteiger charge is -2.25. The van der Waals surface area contributed by atoms with Crippen molar-refractivity contribution in [3.05, 3.63) is 70.4 Å². The van der Waals surface area contributed by atoms with Crippen LogP contribution in [0.3, 0.4) is 0 Å². The molecule has 5 rings (SSSR count). The van der Waals surface area contributed by atoms with Gasteiger partial charge < -0.3 is 14.8 Å². The van der Waals surface area contributed by atoms with Crippen molar-refractivity contribution in [3.8, 4) is 0 Å². The van der Waals surface area contributed by atoms with Gasteiger partial charge in [0.05, 0.1) is 12.6 Å². The van der Waals surface area contributed by atoms with Crippen LogP contribution in [0.4, 0.5) is 4.39 Å². The minimum Gasteiger partial charge on any atom is -0.347 e.